The number of hydrogen-bond donors (Lipinski definition) is 1. The lowest BCUT2D eigenvalue weighted by Gasteiger charge is -2.36. The van der Waals surface area contributed by atoms with Crippen LogP contribution in [0.3, 0.4) is 0 Å². The zero-order valence-electron chi connectivity index (χ0n) is 17.1. The summed E-state index contributed by atoms with van der Waals surface area (Å²) in [6, 6.07) is 9.95. The van der Waals surface area contributed by atoms with Crippen LogP contribution in [0.1, 0.15) is 34.6 Å². The number of ether oxygens (including phenoxy) is 1. The van der Waals surface area contributed by atoms with E-state index in [2.05, 4.69) is 22.0 Å². The molecule has 2 aromatic carbocycles. The van der Waals surface area contributed by atoms with Crippen LogP contribution in [-0.2, 0) is 4.74 Å². The van der Waals surface area contributed by atoms with Gasteiger partial charge in [0, 0.05) is 31.2 Å². The van der Waals surface area contributed by atoms with E-state index in [9.17, 15) is 9.59 Å². The van der Waals surface area contributed by atoms with Crippen LogP contribution >= 0.6 is 23.2 Å². The smallest absolute Gasteiger partial charge is 0.338 e. The lowest BCUT2D eigenvalue weighted by molar-refractivity contribution is 0.0526. The molecule has 0 saturated carbocycles. The number of nitrogens with one attached hydrogen (secondary N) is 1. The zero-order chi connectivity index (χ0) is 21.7. The number of likely N-dealkylation sites (N-methyl/N-ethyl adjacent to an activating group) is 1. The number of nitrogens with zero attached hydrogens (tertiary/aromatic N) is 2. The van der Waals surface area contributed by atoms with Crippen LogP contribution in [0, 0.1) is 0 Å². The highest BCUT2D eigenvalue weighted by Gasteiger charge is 2.21. The number of halogens is 2. The van der Waals surface area contributed by atoms with Gasteiger partial charge < -0.3 is 19.9 Å². The van der Waals surface area contributed by atoms with Crippen LogP contribution < -0.4 is 10.2 Å². The van der Waals surface area contributed by atoms with E-state index in [4.69, 9.17) is 27.9 Å². The Kier molecular flexibility index (Phi) is 7.58. The summed E-state index contributed by atoms with van der Waals surface area (Å²) in [4.78, 5) is 29.7. The fraction of sp³-hybridized carbons (Fsp3) is 0.364. The number of rotatable bonds is 6. The Balaban J connectivity index is 1.91. The number of benzene rings is 2. The predicted octanol–water partition coefficient (Wildman–Crippen LogP) is 4.56. The second-order valence-electron chi connectivity index (χ2n) is 6.95. The number of esters is 1. The van der Waals surface area contributed by atoms with Crippen molar-refractivity contribution in [1.82, 2.24) is 4.90 Å². The zero-order valence-corrected chi connectivity index (χ0v) is 18.6. The van der Waals surface area contributed by atoms with E-state index in [1.54, 1.807) is 31.2 Å². The van der Waals surface area contributed by atoms with Crippen molar-refractivity contribution in [3.8, 4) is 0 Å². The van der Waals surface area contributed by atoms with E-state index in [1.807, 2.05) is 6.07 Å². The maximum atomic E-state index is 12.9. The van der Waals surface area contributed by atoms with Crippen molar-refractivity contribution in [1.29, 1.82) is 0 Å². The maximum absolute atomic E-state index is 12.9. The number of carbonyl (C=O) groups excluding carboxylic acids is 2. The van der Waals surface area contributed by atoms with Crippen molar-refractivity contribution in [2.24, 2.45) is 0 Å². The van der Waals surface area contributed by atoms with Gasteiger partial charge >= 0.3 is 5.97 Å². The highest BCUT2D eigenvalue weighted by molar-refractivity contribution is 6.37. The molecule has 0 bridgehead atoms. The molecule has 0 spiro atoms. The molecule has 0 radical (unpaired) electrons. The van der Waals surface area contributed by atoms with Crippen LogP contribution in [0.4, 0.5) is 11.4 Å². The molecule has 1 fully saturated rings. The van der Waals surface area contributed by atoms with E-state index in [0.29, 0.717) is 21.8 Å². The van der Waals surface area contributed by atoms with Gasteiger partial charge in [-0.1, -0.05) is 30.1 Å². The van der Waals surface area contributed by atoms with E-state index in [-0.39, 0.29) is 17.5 Å². The van der Waals surface area contributed by atoms with Gasteiger partial charge in [0.15, 0.2) is 0 Å². The minimum absolute atomic E-state index is 0.264. The maximum Gasteiger partial charge on any atom is 0.338 e. The molecular weight excluding hydrogens is 425 g/mol. The first kappa shape index (κ1) is 22.4. The third-order valence-electron chi connectivity index (χ3n) is 5.09. The summed E-state index contributed by atoms with van der Waals surface area (Å²) in [6.45, 7) is 8.72. The standard InChI is InChI=1S/C22H25Cl2N3O3/c1-3-26-9-11-27(12-10-26)20-8-5-15(22(29)30-4-2)13-19(20)25-21(28)17-7-6-16(23)14-18(17)24/h5-8,13-14H,3-4,9-12H2,1-2H3,(H,25,28). The van der Waals surface area contributed by atoms with Gasteiger partial charge in [0.2, 0.25) is 0 Å². The van der Waals surface area contributed by atoms with Gasteiger partial charge in [-0.15, -0.1) is 0 Å². The van der Waals surface area contributed by atoms with Crippen LogP contribution in [0.5, 0.6) is 0 Å². The molecule has 160 valence electrons. The van der Waals surface area contributed by atoms with Crippen molar-refractivity contribution in [3.05, 3.63) is 57.6 Å². The molecule has 0 unspecified atom stereocenters. The molecule has 2 aromatic rings. The highest BCUT2D eigenvalue weighted by Crippen LogP contribution is 2.30. The van der Waals surface area contributed by atoms with Crippen LogP contribution in [0.25, 0.3) is 0 Å². The van der Waals surface area contributed by atoms with E-state index in [1.165, 1.54) is 6.07 Å². The Hall–Kier alpha value is -2.28. The van der Waals surface area contributed by atoms with Crippen molar-refractivity contribution >= 4 is 46.5 Å². The molecule has 6 nitrogen and oxygen atoms in total. The Morgan fingerprint density at radius 3 is 2.40 bits per heavy atom. The van der Waals surface area contributed by atoms with Crippen molar-refractivity contribution < 1.29 is 14.3 Å². The first-order valence-electron chi connectivity index (χ1n) is 9.97. The van der Waals surface area contributed by atoms with Gasteiger partial charge in [-0.2, -0.15) is 0 Å². The van der Waals surface area contributed by atoms with Gasteiger partial charge in [0.1, 0.15) is 0 Å². The second kappa shape index (κ2) is 10.2. The topological polar surface area (TPSA) is 61.9 Å². The molecule has 0 aromatic heterocycles. The van der Waals surface area contributed by atoms with Gasteiger partial charge in [-0.3, -0.25) is 4.79 Å². The van der Waals surface area contributed by atoms with Crippen molar-refractivity contribution in [3.63, 3.8) is 0 Å². The van der Waals surface area contributed by atoms with Crippen molar-refractivity contribution in [2.45, 2.75) is 13.8 Å². The molecule has 1 aliphatic heterocycles. The first-order valence-corrected chi connectivity index (χ1v) is 10.7. The Morgan fingerprint density at radius 1 is 1.03 bits per heavy atom. The predicted molar refractivity (Wildman–Crippen MR) is 121 cm³/mol. The van der Waals surface area contributed by atoms with Crippen LogP contribution in [-0.4, -0.2) is 56.1 Å². The molecule has 1 amide bonds. The largest absolute Gasteiger partial charge is 0.462 e. The summed E-state index contributed by atoms with van der Waals surface area (Å²) < 4.78 is 5.11. The first-order chi connectivity index (χ1) is 14.4. The third-order valence-corrected chi connectivity index (χ3v) is 5.64. The SMILES string of the molecule is CCOC(=O)c1ccc(N2CCN(CC)CC2)c(NC(=O)c2ccc(Cl)cc2Cl)c1. The molecule has 0 atom stereocenters. The number of anilines is 2. The molecule has 1 aliphatic rings. The van der Waals surface area contributed by atoms with Crippen molar-refractivity contribution in [2.75, 3.05) is 49.5 Å². The summed E-state index contributed by atoms with van der Waals surface area (Å²) >= 11 is 12.1. The number of hydrogen-bond acceptors (Lipinski definition) is 5. The van der Waals surface area contributed by atoms with Crippen LogP contribution in [0.2, 0.25) is 10.0 Å². The Bertz CT molecular complexity index is 928. The third kappa shape index (κ3) is 5.25. The number of piperazine rings is 1. The van der Waals surface area contributed by atoms with Gasteiger partial charge in [-0.05, 0) is 49.9 Å². The molecule has 8 heteroatoms. The lowest BCUT2D eigenvalue weighted by Crippen LogP contribution is -2.46. The number of carbonyl (C=O) groups is 2. The fourth-order valence-corrected chi connectivity index (χ4v) is 3.92. The average molecular weight is 450 g/mol. The monoisotopic (exact) mass is 449 g/mol. The Morgan fingerprint density at radius 2 is 1.77 bits per heavy atom. The summed E-state index contributed by atoms with van der Waals surface area (Å²) in [5, 5.41) is 3.64. The molecule has 1 heterocycles. The highest BCUT2D eigenvalue weighted by atomic mass is 35.5. The summed E-state index contributed by atoms with van der Waals surface area (Å²) in [7, 11) is 0. The number of amides is 1. The van der Waals surface area contributed by atoms with E-state index >= 15 is 0 Å². The molecule has 1 N–H and O–H groups in total. The van der Waals surface area contributed by atoms with Gasteiger partial charge in [0.05, 0.1) is 34.1 Å². The average Bonchev–Trinajstić information content (AvgIpc) is 2.74. The summed E-state index contributed by atoms with van der Waals surface area (Å²) in [5.74, 6) is -0.800. The molecule has 0 aliphatic carbocycles. The van der Waals surface area contributed by atoms with E-state index < -0.39 is 5.97 Å². The molecule has 3 rings (SSSR count). The summed E-state index contributed by atoms with van der Waals surface area (Å²) in [5.41, 5.74) is 2.09. The van der Waals surface area contributed by atoms with Gasteiger partial charge in [0.25, 0.3) is 5.91 Å². The second-order valence-corrected chi connectivity index (χ2v) is 7.80. The molecule has 30 heavy (non-hydrogen) atoms. The normalized spacial score (nSPS) is 14.5. The molecule has 1 saturated heterocycles. The molecular formula is C22H25Cl2N3O3. The quantitative estimate of drug-likeness (QED) is 0.654. The van der Waals surface area contributed by atoms with Crippen LogP contribution in [0.15, 0.2) is 36.4 Å². The summed E-state index contributed by atoms with van der Waals surface area (Å²) in [6.07, 6.45) is 0. The van der Waals surface area contributed by atoms with E-state index in [0.717, 1.165) is 38.4 Å². The Labute approximate surface area is 186 Å². The fourth-order valence-electron chi connectivity index (χ4n) is 3.42. The van der Waals surface area contributed by atoms with Gasteiger partial charge in [-0.25, -0.2) is 4.79 Å². The lowest BCUT2D eigenvalue weighted by atomic mass is 10.1. The minimum Gasteiger partial charge on any atom is -0.462 e. The minimum atomic E-state index is -0.431.